The second kappa shape index (κ2) is 8.63. The average molecular weight is 435 g/mol. The van der Waals surface area contributed by atoms with Crippen molar-refractivity contribution in [1.29, 1.82) is 0 Å². The summed E-state index contributed by atoms with van der Waals surface area (Å²) in [5.74, 6) is 0.915. The lowest BCUT2D eigenvalue weighted by molar-refractivity contribution is -0.136. The number of amides is 1. The van der Waals surface area contributed by atoms with Crippen LogP contribution in [0.15, 0.2) is 16.9 Å². The molecule has 9 heteroatoms. The van der Waals surface area contributed by atoms with Gasteiger partial charge in [0.2, 0.25) is 15.9 Å². The van der Waals surface area contributed by atoms with Gasteiger partial charge in [0.25, 0.3) is 5.56 Å². The van der Waals surface area contributed by atoms with Crippen LogP contribution in [0.4, 0.5) is 0 Å². The summed E-state index contributed by atoms with van der Waals surface area (Å²) in [5, 5.41) is 0. The van der Waals surface area contributed by atoms with Crippen molar-refractivity contribution in [3.63, 3.8) is 0 Å². The minimum atomic E-state index is -3.34. The zero-order valence-corrected chi connectivity index (χ0v) is 18.3. The van der Waals surface area contributed by atoms with E-state index in [9.17, 15) is 18.0 Å². The average Bonchev–Trinajstić information content (AvgIpc) is 3.26. The highest BCUT2D eigenvalue weighted by Gasteiger charge is 2.33. The molecule has 164 valence electrons. The fourth-order valence-electron chi connectivity index (χ4n) is 4.73. The number of H-pyrrole nitrogens is 1. The number of aromatic amines is 1. The molecule has 0 radical (unpaired) electrons. The molecule has 1 N–H and O–H groups in total. The molecular weight excluding hydrogens is 404 g/mol. The van der Waals surface area contributed by atoms with Crippen LogP contribution in [0.2, 0.25) is 0 Å². The quantitative estimate of drug-likeness (QED) is 0.713. The molecule has 4 rings (SSSR count). The summed E-state index contributed by atoms with van der Waals surface area (Å²) < 4.78 is 26.0. The third kappa shape index (κ3) is 4.23. The fraction of sp³-hybridized carbons (Fsp3) is 0.667. The van der Waals surface area contributed by atoms with E-state index in [2.05, 4.69) is 17.1 Å². The first-order chi connectivity index (χ1) is 14.4. The first kappa shape index (κ1) is 21.2. The number of piperidine rings is 1. The number of nitrogens with zero attached hydrogens (tertiary/aromatic N) is 3. The zero-order valence-electron chi connectivity index (χ0n) is 17.5. The molecule has 0 spiro atoms. The maximum absolute atomic E-state index is 13.0. The molecule has 1 aliphatic carbocycles. The molecule has 2 atom stereocenters. The van der Waals surface area contributed by atoms with Gasteiger partial charge in [0.05, 0.1) is 24.0 Å². The van der Waals surface area contributed by atoms with Gasteiger partial charge >= 0.3 is 0 Å². The molecule has 0 bridgehead atoms. The van der Waals surface area contributed by atoms with E-state index >= 15 is 0 Å². The second-order valence-electron chi connectivity index (χ2n) is 8.43. The Morgan fingerprint density at radius 2 is 2.10 bits per heavy atom. The van der Waals surface area contributed by atoms with Crippen molar-refractivity contribution in [2.75, 3.05) is 18.8 Å². The Morgan fingerprint density at radius 1 is 1.27 bits per heavy atom. The number of rotatable bonds is 5. The topological polar surface area (TPSA) is 103 Å². The van der Waals surface area contributed by atoms with Gasteiger partial charge in [-0.15, -0.1) is 0 Å². The SMILES string of the molecule is CCS(=O)(=O)N1CCc2c(nc([C@@H]3CCCCN3C(=O)C[C@H]3C=CCC3)[nH]c2=O)C1. The molecule has 3 heterocycles. The Labute approximate surface area is 177 Å². The number of sulfonamides is 1. The first-order valence-electron chi connectivity index (χ1n) is 10.9. The van der Waals surface area contributed by atoms with Crippen molar-refractivity contribution in [2.45, 2.75) is 64.5 Å². The Hall–Kier alpha value is -2.00. The van der Waals surface area contributed by atoms with E-state index in [0.717, 1.165) is 32.1 Å². The van der Waals surface area contributed by atoms with E-state index in [-0.39, 0.29) is 29.8 Å². The molecule has 1 fully saturated rings. The lowest BCUT2D eigenvalue weighted by Crippen LogP contribution is -2.43. The number of nitrogens with one attached hydrogen (secondary N) is 1. The minimum absolute atomic E-state index is 0.0267. The van der Waals surface area contributed by atoms with Gasteiger partial charge in [0, 0.05) is 25.1 Å². The zero-order chi connectivity index (χ0) is 21.3. The highest BCUT2D eigenvalue weighted by Crippen LogP contribution is 2.32. The standard InChI is InChI=1S/C21H30N4O4S/c1-2-30(28,29)24-12-10-16-17(14-24)22-20(23-21(16)27)18-9-5-6-11-25(18)19(26)13-15-7-3-4-8-15/h3,7,15,18H,2,4-6,8-14H2,1H3,(H,22,23,27)/t15-,18-/m0/s1. The summed E-state index contributed by atoms with van der Waals surface area (Å²) >= 11 is 0. The van der Waals surface area contributed by atoms with Gasteiger partial charge in [-0.3, -0.25) is 9.59 Å². The van der Waals surface area contributed by atoms with E-state index in [1.165, 1.54) is 4.31 Å². The third-order valence-electron chi connectivity index (χ3n) is 6.50. The van der Waals surface area contributed by atoms with Crippen LogP contribution in [0.1, 0.15) is 68.6 Å². The van der Waals surface area contributed by atoms with Crippen molar-refractivity contribution >= 4 is 15.9 Å². The van der Waals surface area contributed by atoms with E-state index < -0.39 is 10.0 Å². The Morgan fingerprint density at radius 3 is 2.83 bits per heavy atom. The Bertz CT molecular complexity index is 1000. The summed E-state index contributed by atoms with van der Waals surface area (Å²) in [6.45, 7) is 2.70. The molecule has 1 saturated heterocycles. The highest BCUT2D eigenvalue weighted by atomic mass is 32.2. The van der Waals surface area contributed by atoms with Gasteiger partial charge in [-0.05, 0) is 51.4 Å². The largest absolute Gasteiger partial charge is 0.332 e. The number of hydrogen-bond donors (Lipinski definition) is 1. The summed E-state index contributed by atoms with van der Waals surface area (Å²) in [4.78, 5) is 35.2. The highest BCUT2D eigenvalue weighted by molar-refractivity contribution is 7.89. The van der Waals surface area contributed by atoms with Crippen molar-refractivity contribution < 1.29 is 13.2 Å². The maximum atomic E-state index is 13.0. The van der Waals surface area contributed by atoms with E-state index in [1.807, 2.05) is 4.90 Å². The van der Waals surface area contributed by atoms with E-state index in [1.54, 1.807) is 6.92 Å². The van der Waals surface area contributed by atoms with Crippen molar-refractivity contribution in [2.24, 2.45) is 5.92 Å². The van der Waals surface area contributed by atoms with E-state index in [0.29, 0.717) is 48.9 Å². The van der Waals surface area contributed by atoms with Crippen LogP contribution in [0.5, 0.6) is 0 Å². The van der Waals surface area contributed by atoms with Crippen LogP contribution in [0.25, 0.3) is 0 Å². The van der Waals surface area contributed by atoms with Crippen LogP contribution in [0.3, 0.4) is 0 Å². The predicted octanol–water partition coefficient (Wildman–Crippen LogP) is 1.89. The second-order valence-corrected chi connectivity index (χ2v) is 10.7. The molecule has 0 unspecified atom stereocenters. The number of aromatic nitrogens is 2. The monoisotopic (exact) mass is 434 g/mol. The van der Waals surface area contributed by atoms with Crippen molar-refractivity contribution in [1.82, 2.24) is 19.2 Å². The fourth-order valence-corrected chi connectivity index (χ4v) is 5.79. The van der Waals surface area contributed by atoms with Gasteiger partial charge in [-0.25, -0.2) is 13.4 Å². The van der Waals surface area contributed by atoms with Crippen LogP contribution < -0.4 is 5.56 Å². The lowest BCUT2D eigenvalue weighted by Gasteiger charge is -2.36. The molecule has 1 aromatic heterocycles. The summed E-state index contributed by atoms with van der Waals surface area (Å²) in [6, 6.07) is -0.257. The van der Waals surface area contributed by atoms with Crippen LogP contribution in [-0.4, -0.2) is 52.3 Å². The molecule has 8 nitrogen and oxygen atoms in total. The lowest BCUT2D eigenvalue weighted by atomic mass is 9.98. The summed E-state index contributed by atoms with van der Waals surface area (Å²) in [6.07, 6.45) is 9.81. The molecular formula is C21H30N4O4S. The number of carbonyl (C=O) groups excluding carboxylic acids is 1. The molecule has 30 heavy (non-hydrogen) atoms. The summed E-state index contributed by atoms with van der Waals surface area (Å²) in [7, 11) is -3.34. The molecule has 0 saturated carbocycles. The third-order valence-corrected chi connectivity index (χ3v) is 8.33. The van der Waals surface area contributed by atoms with Gasteiger partial charge in [0.1, 0.15) is 5.82 Å². The van der Waals surface area contributed by atoms with Gasteiger partial charge in [-0.2, -0.15) is 4.31 Å². The Kier molecular flexibility index (Phi) is 6.11. The number of hydrogen-bond acceptors (Lipinski definition) is 5. The molecule has 3 aliphatic rings. The molecule has 2 aliphatic heterocycles. The Balaban J connectivity index is 1.60. The number of likely N-dealkylation sites (tertiary alicyclic amines) is 1. The van der Waals surface area contributed by atoms with Crippen LogP contribution >= 0.6 is 0 Å². The first-order valence-corrected chi connectivity index (χ1v) is 12.6. The molecule has 1 amide bonds. The predicted molar refractivity (Wildman–Crippen MR) is 113 cm³/mol. The van der Waals surface area contributed by atoms with Crippen LogP contribution in [0, 0.1) is 5.92 Å². The number of carbonyl (C=O) groups is 1. The number of fused-ring (bicyclic) bond motifs is 1. The summed E-state index contributed by atoms with van der Waals surface area (Å²) in [5.41, 5.74) is 0.875. The molecule has 0 aromatic carbocycles. The molecule has 1 aromatic rings. The normalized spacial score (nSPS) is 24.8. The van der Waals surface area contributed by atoms with Gasteiger partial charge in [-0.1, -0.05) is 12.2 Å². The maximum Gasteiger partial charge on any atom is 0.254 e. The van der Waals surface area contributed by atoms with Crippen molar-refractivity contribution in [3.8, 4) is 0 Å². The van der Waals surface area contributed by atoms with Gasteiger partial charge < -0.3 is 9.88 Å². The van der Waals surface area contributed by atoms with Crippen molar-refractivity contribution in [3.05, 3.63) is 39.6 Å². The smallest absolute Gasteiger partial charge is 0.254 e. The number of allylic oxidation sites excluding steroid dienone is 2. The van der Waals surface area contributed by atoms with Crippen LogP contribution in [-0.2, 0) is 27.8 Å². The van der Waals surface area contributed by atoms with E-state index in [4.69, 9.17) is 4.98 Å². The van der Waals surface area contributed by atoms with Gasteiger partial charge in [0.15, 0.2) is 0 Å². The minimum Gasteiger partial charge on any atom is -0.332 e.